The molecule has 0 fully saturated rings. The smallest absolute Gasteiger partial charge is 0.257 e. The van der Waals surface area contributed by atoms with Gasteiger partial charge in [-0.3, -0.25) is 4.79 Å². The van der Waals surface area contributed by atoms with Gasteiger partial charge in [-0.05, 0) is 31.5 Å². The number of fused-ring (bicyclic) bond motifs is 1. The van der Waals surface area contributed by atoms with Crippen LogP contribution in [0.25, 0.3) is 10.8 Å². The monoisotopic (exact) mass is 300 g/mol. The first-order valence-electron chi connectivity index (χ1n) is 7.58. The third-order valence-electron chi connectivity index (χ3n) is 3.43. The Hall–Kier alpha value is -2.07. The number of carbonyl (C=O) groups excluding carboxylic acids is 1. The van der Waals surface area contributed by atoms with Crippen LogP contribution in [0.5, 0.6) is 5.75 Å². The highest BCUT2D eigenvalue weighted by molar-refractivity contribution is 5.88. The molecule has 0 aromatic heterocycles. The molecule has 1 N–H and O–H groups in total. The molecule has 0 aliphatic carbocycles. The first-order chi connectivity index (χ1) is 10.6. The number of amides is 1. The lowest BCUT2D eigenvalue weighted by atomic mass is 10.1. The predicted molar refractivity (Wildman–Crippen MR) is 90.2 cm³/mol. The second-order valence-electron chi connectivity index (χ2n) is 5.94. The SMILES string of the molecule is C[C@@H](CNC(=O)COc1cccc2ccccc12)CN(C)C. The lowest BCUT2D eigenvalue weighted by Gasteiger charge is -2.17. The molecule has 0 aliphatic heterocycles. The minimum atomic E-state index is -0.0847. The van der Waals surface area contributed by atoms with Gasteiger partial charge in [-0.25, -0.2) is 0 Å². The van der Waals surface area contributed by atoms with Crippen molar-refractivity contribution in [3.63, 3.8) is 0 Å². The van der Waals surface area contributed by atoms with Crippen molar-refractivity contribution in [3.05, 3.63) is 42.5 Å². The maximum Gasteiger partial charge on any atom is 0.257 e. The van der Waals surface area contributed by atoms with Crippen LogP contribution in [0.4, 0.5) is 0 Å². The fraction of sp³-hybridized carbons (Fsp3) is 0.389. The number of rotatable bonds is 7. The van der Waals surface area contributed by atoms with Crippen LogP contribution >= 0.6 is 0 Å². The van der Waals surface area contributed by atoms with Crippen LogP contribution in [0, 0.1) is 5.92 Å². The Morgan fingerprint density at radius 2 is 1.91 bits per heavy atom. The molecule has 118 valence electrons. The number of ether oxygens (including phenoxy) is 1. The van der Waals surface area contributed by atoms with Gasteiger partial charge in [0.1, 0.15) is 5.75 Å². The highest BCUT2D eigenvalue weighted by Crippen LogP contribution is 2.24. The molecule has 0 radical (unpaired) electrons. The fourth-order valence-electron chi connectivity index (χ4n) is 2.49. The van der Waals surface area contributed by atoms with Crippen LogP contribution in [0.2, 0.25) is 0 Å². The molecule has 2 aromatic rings. The molecule has 0 spiro atoms. The van der Waals surface area contributed by atoms with E-state index in [1.165, 1.54) is 0 Å². The van der Waals surface area contributed by atoms with E-state index >= 15 is 0 Å². The van der Waals surface area contributed by atoms with Crippen LogP contribution in [0.1, 0.15) is 6.92 Å². The average molecular weight is 300 g/mol. The summed E-state index contributed by atoms with van der Waals surface area (Å²) in [7, 11) is 4.06. The van der Waals surface area contributed by atoms with Crippen molar-refractivity contribution in [1.29, 1.82) is 0 Å². The summed E-state index contributed by atoms with van der Waals surface area (Å²) in [5, 5.41) is 5.05. The molecular formula is C18H24N2O2. The minimum absolute atomic E-state index is 0.0443. The van der Waals surface area contributed by atoms with E-state index in [4.69, 9.17) is 4.74 Å². The number of hydrogen-bond acceptors (Lipinski definition) is 3. The third-order valence-corrected chi connectivity index (χ3v) is 3.43. The molecule has 4 heteroatoms. The number of benzene rings is 2. The third kappa shape index (κ3) is 4.74. The predicted octanol–water partition coefficient (Wildman–Crippen LogP) is 2.53. The van der Waals surface area contributed by atoms with Gasteiger partial charge in [-0.15, -0.1) is 0 Å². The summed E-state index contributed by atoms with van der Waals surface area (Å²) in [6, 6.07) is 13.9. The van der Waals surface area contributed by atoms with E-state index in [1.54, 1.807) is 0 Å². The second kappa shape index (κ2) is 7.80. The average Bonchev–Trinajstić information content (AvgIpc) is 2.50. The van der Waals surface area contributed by atoms with E-state index in [-0.39, 0.29) is 12.5 Å². The number of carbonyl (C=O) groups is 1. The van der Waals surface area contributed by atoms with Crippen molar-refractivity contribution in [2.75, 3.05) is 33.8 Å². The van der Waals surface area contributed by atoms with Gasteiger partial charge < -0.3 is 15.0 Å². The lowest BCUT2D eigenvalue weighted by Crippen LogP contribution is -2.35. The van der Waals surface area contributed by atoms with Crippen molar-refractivity contribution < 1.29 is 9.53 Å². The second-order valence-corrected chi connectivity index (χ2v) is 5.94. The van der Waals surface area contributed by atoms with E-state index in [2.05, 4.69) is 17.1 Å². The lowest BCUT2D eigenvalue weighted by molar-refractivity contribution is -0.123. The molecule has 22 heavy (non-hydrogen) atoms. The van der Waals surface area contributed by atoms with Gasteiger partial charge in [0.25, 0.3) is 5.91 Å². The molecule has 2 rings (SSSR count). The fourth-order valence-corrected chi connectivity index (χ4v) is 2.49. The quantitative estimate of drug-likeness (QED) is 0.854. The van der Waals surface area contributed by atoms with Crippen molar-refractivity contribution in [1.82, 2.24) is 10.2 Å². The van der Waals surface area contributed by atoms with Gasteiger partial charge in [0.15, 0.2) is 6.61 Å². The molecule has 0 saturated carbocycles. The molecule has 2 aromatic carbocycles. The summed E-state index contributed by atoms with van der Waals surface area (Å²) in [6.07, 6.45) is 0. The van der Waals surface area contributed by atoms with Gasteiger partial charge in [0.05, 0.1) is 0 Å². The summed E-state index contributed by atoms with van der Waals surface area (Å²) in [5.41, 5.74) is 0. The van der Waals surface area contributed by atoms with Crippen molar-refractivity contribution in [3.8, 4) is 5.75 Å². The van der Waals surface area contributed by atoms with Gasteiger partial charge >= 0.3 is 0 Å². The molecule has 0 bridgehead atoms. The molecule has 0 aliphatic rings. The van der Waals surface area contributed by atoms with E-state index in [0.717, 1.165) is 23.1 Å². The van der Waals surface area contributed by atoms with E-state index < -0.39 is 0 Å². The Morgan fingerprint density at radius 3 is 2.68 bits per heavy atom. The van der Waals surface area contributed by atoms with Gasteiger partial charge in [0.2, 0.25) is 0 Å². The van der Waals surface area contributed by atoms with E-state index in [1.807, 2.05) is 56.6 Å². The van der Waals surface area contributed by atoms with Crippen LogP contribution in [0.15, 0.2) is 42.5 Å². The Morgan fingerprint density at radius 1 is 1.18 bits per heavy atom. The Balaban J connectivity index is 1.85. The highest BCUT2D eigenvalue weighted by Gasteiger charge is 2.08. The molecule has 4 nitrogen and oxygen atoms in total. The van der Waals surface area contributed by atoms with E-state index in [9.17, 15) is 4.79 Å². The van der Waals surface area contributed by atoms with Crippen molar-refractivity contribution >= 4 is 16.7 Å². The summed E-state index contributed by atoms with van der Waals surface area (Å²) in [6.45, 7) is 3.77. The number of hydrogen-bond donors (Lipinski definition) is 1. The first-order valence-corrected chi connectivity index (χ1v) is 7.58. The minimum Gasteiger partial charge on any atom is -0.483 e. The summed E-state index contributed by atoms with van der Waals surface area (Å²) >= 11 is 0. The standard InChI is InChI=1S/C18H24N2O2/c1-14(12-20(2)3)11-19-18(21)13-22-17-10-6-8-15-7-4-5-9-16(15)17/h4-10,14H,11-13H2,1-3H3,(H,19,21)/t14-/m0/s1. The summed E-state index contributed by atoms with van der Waals surface area (Å²) < 4.78 is 5.67. The highest BCUT2D eigenvalue weighted by atomic mass is 16.5. The molecule has 1 amide bonds. The number of nitrogens with one attached hydrogen (secondary N) is 1. The zero-order valence-electron chi connectivity index (χ0n) is 13.5. The maximum atomic E-state index is 11.9. The van der Waals surface area contributed by atoms with Gasteiger partial charge in [0, 0.05) is 18.5 Å². The molecule has 0 unspecified atom stereocenters. The van der Waals surface area contributed by atoms with Crippen LogP contribution < -0.4 is 10.1 Å². The van der Waals surface area contributed by atoms with Crippen LogP contribution in [0.3, 0.4) is 0 Å². The van der Waals surface area contributed by atoms with E-state index in [0.29, 0.717) is 12.5 Å². The number of nitrogens with zero attached hydrogens (tertiary/aromatic N) is 1. The first kappa shape index (κ1) is 16.3. The van der Waals surface area contributed by atoms with Crippen molar-refractivity contribution in [2.24, 2.45) is 5.92 Å². The Labute approximate surface area is 132 Å². The normalized spacial score (nSPS) is 12.4. The maximum absolute atomic E-state index is 11.9. The van der Waals surface area contributed by atoms with Gasteiger partial charge in [-0.1, -0.05) is 43.3 Å². The molecule has 0 saturated heterocycles. The molecule has 0 heterocycles. The molecule has 1 atom stereocenters. The Bertz CT molecular complexity index is 620. The zero-order valence-corrected chi connectivity index (χ0v) is 13.5. The largest absolute Gasteiger partial charge is 0.483 e. The van der Waals surface area contributed by atoms with Crippen LogP contribution in [-0.4, -0.2) is 44.6 Å². The Kier molecular flexibility index (Phi) is 5.78. The topological polar surface area (TPSA) is 41.6 Å². The van der Waals surface area contributed by atoms with Gasteiger partial charge in [-0.2, -0.15) is 0 Å². The molecular weight excluding hydrogens is 276 g/mol. The zero-order chi connectivity index (χ0) is 15.9. The van der Waals surface area contributed by atoms with Crippen LogP contribution in [-0.2, 0) is 4.79 Å². The van der Waals surface area contributed by atoms with Crippen molar-refractivity contribution in [2.45, 2.75) is 6.92 Å². The summed E-state index contributed by atoms with van der Waals surface area (Å²) in [5.74, 6) is 1.07. The summed E-state index contributed by atoms with van der Waals surface area (Å²) in [4.78, 5) is 14.0.